The number of carbonyl (C=O) groups is 2. The zero-order valence-electron chi connectivity index (χ0n) is 8.54. The first kappa shape index (κ1) is 10.9. The predicted molar refractivity (Wildman–Crippen MR) is 53.3 cm³/mol. The van der Waals surface area contributed by atoms with Crippen molar-refractivity contribution in [1.29, 1.82) is 0 Å². The Morgan fingerprint density at radius 1 is 1.35 bits per heavy atom. The minimum absolute atomic E-state index is 0.0823. The van der Waals surface area contributed by atoms with Gasteiger partial charge in [-0.3, -0.25) is 4.79 Å². The molecule has 7 nitrogen and oxygen atoms in total. The molecule has 2 N–H and O–H groups in total. The van der Waals surface area contributed by atoms with E-state index in [0.29, 0.717) is 5.76 Å². The molecule has 0 unspecified atom stereocenters. The van der Waals surface area contributed by atoms with Crippen LogP contribution in [-0.4, -0.2) is 22.1 Å². The number of furan rings is 1. The summed E-state index contributed by atoms with van der Waals surface area (Å²) in [6, 6.07) is 4.21. The molecule has 0 radical (unpaired) electrons. The summed E-state index contributed by atoms with van der Waals surface area (Å²) in [5.74, 6) is -1.40. The van der Waals surface area contributed by atoms with Gasteiger partial charge in [0, 0.05) is 6.07 Å². The molecular weight excluding hydrogens is 228 g/mol. The highest BCUT2D eigenvalue weighted by atomic mass is 16.5. The van der Waals surface area contributed by atoms with Crippen molar-refractivity contribution in [3.63, 3.8) is 0 Å². The lowest BCUT2D eigenvalue weighted by molar-refractivity contribution is 0.0660. The Kier molecular flexibility index (Phi) is 2.91. The first-order valence-corrected chi connectivity index (χ1v) is 4.67. The van der Waals surface area contributed by atoms with Crippen LogP contribution in [0.1, 0.15) is 26.8 Å². The highest BCUT2D eigenvalue weighted by Gasteiger charge is 2.11. The van der Waals surface area contributed by atoms with Gasteiger partial charge in [-0.2, -0.15) is 0 Å². The molecule has 1 amide bonds. The maximum Gasteiger partial charge on any atom is 0.371 e. The average Bonchev–Trinajstić information content (AvgIpc) is 2.97. The maximum atomic E-state index is 11.4. The zero-order chi connectivity index (χ0) is 12.3. The van der Waals surface area contributed by atoms with Crippen molar-refractivity contribution < 1.29 is 23.6 Å². The number of hydrogen-bond donors (Lipinski definition) is 2. The molecule has 88 valence electrons. The number of carboxylic acid groups (broad SMARTS) is 1. The molecule has 2 heterocycles. The van der Waals surface area contributed by atoms with Gasteiger partial charge >= 0.3 is 5.97 Å². The Morgan fingerprint density at radius 2 is 2.18 bits per heavy atom. The summed E-state index contributed by atoms with van der Waals surface area (Å²) < 4.78 is 9.47. The van der Waals surface area contributed by atoms with E-state index < -0.39 is 11.9 Å². The van der Waals surface area contributed by atoms with E-state index in [0.717, 1.165) is 0 Å². The molecule has 2 aromatic heterocycles. The summed E-state index contributed by atoms with van der Waals surface area (Å²) in [6.45, 7) is 0.0823. The van der Waals surface area contributed by atoms with Crippen LogP contribution in [0.3, 0.4) is 0 Å². The molecule has 0 spiro atoms. The molecule has 2 aromatic rings. The number of nitrogens with one attached hydrogen (secondary N) is 1. The van der Waals surface area contributed by atoms with Crippen molar-refractivity contribution in [3.8, 4) is 0 Å². The highest BCUT2D eigenvalue weighted by molar-refractivity contribution is 5.91. The Hall–Kier alpha value is -2.57. The Bertz CT molecular complexity index is 529. The summed E-state index contributed by atoms with van der Waals surface area (Å²) in [5.41, 5.74) is 0.148. The fourth-order valence-electron chi connectivity index (χ4n) is 1.18. The Morgan fingerprint density at radius 3 is 2.76 bits per heavy atom. The van der Waals surface area contributed by atoms with Crippen molar-refractivity contribution in [2.45, 2.75) is 6.54 Å². The number of nitrogens with zero attached hydrogens (tertiary/aromatic N) is 1. The van der Waals surface area contributed by atoms with Crippen LogP contribution in [0.4, 0.5) is 0 Å². The molecule has 0 aliphatic carbocycles. The molecule has 0 fully saturated rings. The van der Waals surface area contributed by atoms with Crippen molar-refractivity contribution in [3.05, 3.63) is 41.7 Å². The zero-order valence-corrected chi connectivity index (χ0v) is 8.54. The topological polar surface area (TPSA) is 106 Å². The molecule has 17 heavy (non-hydrogen) atoms. The standard InChI is InChI=1S/C10H8N2O5/c13-9(7-3-4-16-12-7)11-5-6-1-2-8(17-6)10(14)15/h1-4H,5H2,(H,11,13)(H,14,15). The van der Waals surface area contributed by atoms with Crippen LogP contribution < -0.4 is 5.32 Å². The first-order chi connectivity index (χ1) is 8.16. The second kappa shape index (κ2) is 4.52. The largest absolute Gasteiger partial charge is 0.475 e. The van der Waals surface area contributed by atoms with E-state index in [1.165, 1.54) is 24.5 Å². The average molecular weight is 236 g/mol. The summed E-state index contributed by atoms with van der Waals surface area (Å²) in [7, 11) is 0. The smallest absolute Gasteiger partial charge is 0.371 e. The lowest BCUT2D eigenvalue weighted by Gasteiger charge is -1.98. The van der Waals surface area contributed by atoms with Gasteiger partial charge in [0.1, 0.15) is 12.0 Å². The number of rotatable bonds is 4. The van der Waals surface area contributed by atoms with E-state index in [9.17, 15) is 9.59 Å². The quantitative estimate of drug-likeness (QED) is 0.816. The van der Waals surface area contributed by atoms with E-state index >= 15 is 0 Å². The highest BCUT2D eigenvalue weighted by Crippen LogP contribution is 2.07. The van der Waals surface area contributed by atoms with Crippen molar-refractivity contribution in [2.75, 3.05) is 0 Å². The van der Waals surface area contributed by atoms with Crippen molar-refractivity contribution in [1.82, 2.24) is 10.5 Å². The SMILES string of the molecule is O=C(NCc1ccc(C(=O)O)o1)c1ccon1. The lowest BCUT2D eigenvalue weighted by Crippen LogP contribution is -2.22. The minimum atomic E-state index is -1.15. The van der Waals surface area contributed by atoms with Crippen LogP contribution in [-0.2, 0) is 6.54 Å². The van der Waals surface area contributed by atoms with Gasteiger partial charge in [0.05, 0.1) is 6.54 Å². The van der Waals surface area contributed by atoms with Crippen LogP contribution in [0.2, 0.25) is 0 Å². The molecule has 0 aromatic carbocycles. The molecule has 0 atom stereocenters. The number of aromatic nitrogens is 1. The molecule has 0 bridgehead atoms. The van der Waals surface area contributed by atoms with E-state index in [2.05, 4.69) is 15.0 Å². The second-order valence-corrected chi connectivity index (χ2v) is 3.14. The van der Waals surface area contributed by atoms with Crippen LogP contribution in [0.25, 0.3) is 0 Å². The normalized spacial score (nSPS) is 10.1. The van der Waals surface area contributed by atoms with Crippen LogP contribution >= 0.6 is 0 Å². The molecule has 0 saturated carbocycles. The van der Waals surface area contributed by atoms with Gasteiger partial charge in [0.15, 0.2) is 5.69 Å². The van der Waals surface area contributed by atoms with Crippen molar-refractivity contribution >= 4 is 11.9 Å². The lowest BCUT2D eigenvalue weighted by atomic mass is 10.4. The fourth-order valence-corrected chi connectivity index (χ4v) is 1.18. The summed E-state index contributed by atoms with van der Waals surface area (Å²) in [5, 5.41) is 14.6. The van der Waals surface area contributed by atoms with Gasteiger partial charge in [-0.15, -0.1) is 0 Å². The summed E-state index contributed by atoms with van der Waals surface area (Å²) in [4.78, 5) is 22.0. The second-order valence-electron chi connectivity index (χ2n) is 3.14. The van der Waals surface area contributed by atoms with E-state index in [1.807, 2.05) is 0 Å². The molecule has 0 aliphatic rings. The van der Waals surface area contributed by atoms with E-state index in [-0.39, 0.29) is 18.0 Å². The fraction of sp³-hybridized carbons (Fsp3) is 0.100. The van der Waals surface area contributed by atoms with Gasteiger partial charge in [-0.1, -0.05) is 5.16 Å². The Balaban J connectivity index is 1.93. The molecule has 0 aliphatic heterocycles. The first-order valence-electron chi connectivity index (χ1n) is 4.67. The number of carboxylic acids is 1. The number of aromatic carboxylic acids is 1. The number of carbonyl (C=O) groups excluding carboxylic acids is 1. The van der Waals surface area contributed by atoms with Crippen LogP contribution in [0.15, 0.2) is 33.4 Å². The van der Waals surface area contributed by atoms with Gasteiger partial charge in [-0.25, -0.2) is 4.79 Å². The molecule has 7 heteroatoms. The monoisotopic (exact) mass is 236 g/mol. The van der Waals surface area contributed by atoms with E-state index in [4.69, 9.17) is 9.52 Å². The Labute approximate surface area is 95.0 Å². The third-order valence-corrected chi connectivity index (χ3v) is 1.97. The third-order valence-electron chi connectivity index (χ3n) is 1.97. The summed E-state index contributed by atoms with van der Waals surface area (Å²) in [6.07, 6.45) is 1.28. The third kappa shape index (κ3) is 2.51. The molecule has 2 rings (SSSR count). The molecule has 0 saturated heterocycles. The van der Waals surface area contributed by atoms with Gasteiger partial charge in [0.25, 0.3) is 5.91 Å². The molecular formula is C10H8N2O5. The number of hydrogen-bond acceptors (Lipinski definition) is 5. The van der Waals surface area contributed by atoms with Crippen molar-refractivity contribution in [2.24, 2.45) is 0 Å². The van der Waals surface area contributed by atoms with Gasteiger partial charge in [-0.05, 0) is 12.1 Å². The minimum Gasteiger partial charge on any atom is -0.475 e. The predicted octanol–water partition coefficient (Wildman–Crippen LogP) is 0.896. The van der Waals surface area contributed by atoms with Gasteiger partial charge in [0.2, 0.25) is 5.76 Å². The van der Waals surface area contributed by atoms with Gasteiger partial charge < -0.3 is 19.4 Å². The van der Waals surface area contributed by atoms with E-state index in [1.54, 1.807) is 0 Å². The van der Waals surface area contributed by atoms with Crippen LogP contribution in [0.5, 0.6) is 0 Å². The maximum absolute atomic E-state index is 11.4. The number of amides is 1. The summed E-state index contributed by atoms with van der Waals surface area (Å²) >= 11 is 0. The van der Waals surface area contributed by atoms with Crippen LogP contribution in [0, 0.1) is 0 Å².